The van der Waals surface area contributed by atoms with Crippen LogP contribution in [0.15, 0.2) is 61.2 Å². The van der Waals surface area contributed by atoms with Crippen LogP contribution in [0.3, 0.4) is 0 Å². The quantitative estimate of drug-likeness (QED) is 0.321. The van der Waals surface area contributed by atoms with Gasteiger partial charge in [-0.3, -0.25) is 4.79 Å². The van der Waals surface area contributed by atoms with E-state index in [1.54, 1.807) is 6.08 Å². The molecule has 0 aromatic heterocycles. The first kappa shape index (κ1) is 28.2. The predicted octanol–water partition coefficient (Wildman–Crippen LogP) is 6.88. The zero-order chi connectivity index (χ0) is 27.0. The Morgan fingerprint density at radius 3 is 2.38 bits per heavy atom. The van der Waals surface area contributed by atoms with Crippen LogP contribution in [0.25, 0.3) is 0 Å². The maximum absolute atomic E-state index is 14.4. The Morgan fingerprint density at radius 1 is 1.14 bits per heavy atom. The van der Waals surface area contributed by atoms with Gasteiger partial charge in [0.2, 0.25) is 15.9 Å². The lowest BCUT2D eigenvalue weighted by atomic mass is 9.67. The molecule has 5 nitrogen and oxygen atoms in total. The van der Waals surface area contributed by atoms with Gasteiger partial charge in [0.05, 0.1) is 16.7 Å². The summed E-state index contributed by atoms with van der Waals surface area (Å²) in [5.74, 6) is -0.0567. The average Bonchev–Trinajstić information content (AvgIpc) is 3.69. The molecule has 5 atom stereocenters. The van der Waals surface area contributed by atoms with E-state index in [4.69, 9.17) is 23.2 Å². The van der Waals surface area contributed by atoms with Gasteiger partial charge in [-0.05, 0) is 74.4 Å². The van der Waals surface area contributed by atoms with E-state index in [1.807, 2.05) is 68.1 Å². The molecule has 0 bridgehead atoms. The molecule has 2 aromatic rings. The van der Waals surface area contributed by atoms with Crippen LogP contribution >= 0.6 is 23.2 Å². The molecule has 1 saturated heterocycles. The first-order valence-corrected chi connectivity index (χ1v) is 15.3. The van der Waals surface area contributed by atoms with Gasteiger partial charge in [0.1, 0.15) is 0 Å². The molecule has 0 radical (unpaired) electrons. The number of piperidine rings is 1. The molecule has 200 valence electrons. The van der Waals surface area contributed by atoms with Gasteiger partial charge in [-0.25, -0.2) is 13.1 Å². The Balaban J connectivity index is 1.86. The number of halogens is 2. The summed E-state index contributed by atoms with van der Waals surface area (Å²) in [6, 6.07) is 14.3. The predicted molar refractivity (Wildman–Crippen MR) is 151 cm³/mol. The lowest BCUT2D eigenvalue weighted by molar-refractivity contribution is -0.155. The van der Waals surface area contributed by atoms with Gasteiger partial charge in [-0.2, -0.15) is 0 Å². The van der Waals surface area contributed by atoms with Gasteiger partial charge in [0.15, 0.2) is 0 Å². The van der Waals surface area contributed by atoms with Gasteiger partial charge in [0, 0.05) is 28.0 Å². The molecule has 1 aliphatic carbocycles. The minimum atomic E-state index is -3.43. The number of hydrogen-bond donors (Lipinski definition) is 1. The molecule has 0 spiro atoms. The van der Waals surface area contributed by atoms with E-state index in [0.29, 0.717) is 42.1 Å². The van der Waals surface area contributed by atoms with Gasteiger partial charge < -0.3 is 4.90 Å². The number of benzene rings is 2. The Bertz CT molecular complexity index is 1250. The summed E-state index contributed by atoms with van der Waals surface area (Å²) in [6.07, 6.45) is 4.89. The van der Waals surface area contributed by atoms with E-state index in [2.05, 4.69) is 17.4 Å². The van der Waals surface area contributed by atoms with Crippen LogP contribution in [0.1, 0.15) is 76.0 Å². The standard InChI is InChI=1S/C29H36Cl2N2O3S/c1-5-16-29(4)18-25(21-8-7-9-23(31)17-21)27(20-10-12-22(30)13-11-20)33(28(29)34)26(6-2)19(3)32-37(35,36)24-14-15-24/h5,7-13,17,19,24-27,32H,1,6,14-16,18H2,2-4H3/t19-,25+,26?,27+,29-/m0/s1. The minimum Gasteiger partial charge on any atom is -0.330 e. The summed E-state index contributed by atoms with van der Waals surface area (Å²) in [5, 5.41) is 0.923. The molecule has 37 heavy (non-hydrogen) atoms. The van der Waals surface area contributed by atoms with E-state index in [0.717, 1.165) is 11.1 Å². The van der Waals surface area contributed by atoms with Crippen molar-refractivity contribution in [2.24, 2.45) is 5.41 Å². The second-order valence-corrected chi connectivity index (χ2v) is 13.6. The summed E-state index contributed by atoms with van der Waals surface area (Å²) < 4.78 is 28.7. The fourth-order valence-electron chi connectivity index (χ4n) is 5.86. The highest BCUT2D eigenvalue weighted by Gasteiger charge is 2.52. The van der Waals surface area contributed by atoms with Crippen LogP contribution < -0.4 is 4.72 Å². The largest absolute Gasteiger partial charge is 0.330 e. The Morgan fingerprint density at radius 2 is 1.81 bits per heavy atom. The van der Waals surface area contributed by atoms with E-state index in [1.165, 1.54) is 0 Å². The van der Waals surface area contributed by atoms with Crippen molar-refractivity contribution in [3.05, 3.63) is 82.4 Å². The molecule has 2 aliphatic rings. The molecule has 4 rings (SSSR count). The van der Waals surface area contributed by atoms with Crippen molar-refractivity contribution in [1.82, 2.24) is 9.62 Å². The van der Waals surface area contributed by atoms with Crippen LogP contribution in [-0.2, 0) is 14.8 Å². The van der Waals surface area contributed by atoms with E-state index >= 15 is 0 Å². The highest BCUT2D eigenvalue weighted by molar-refractivity contribution is 7.90. The number of likely N-dealkylation sites (tertiary alicyclic amines) is 1. The second kappa shape index (κ2) is 11.1. The zero-order valence-corrected chi connectivity index (χ0v) is 24.0. The number of carbonyl (C=O) groups excluding carboxylic acids is 1. The Kier molecular flexibility index (Phi) is 8.44. The summed E-state index contributed by atoms with van der Waals surface area (Å²) in [5.41, 5.74) is 1.31. The number of amides is 1. The lowest BCUT2D eigenvalue weighted by Crippen LogP contribution is -2.60. The minimum absolute atomic E-state index is 0.00921. The van der Waals surface area contributed by atoms with Crippen molar-refractivity contribution in [2.45, 2.75) is 82.2 Å². The molecular weight excluding hydrogens is 527 g/mol. The SMILES string of the molecule is C=CC[C@@]1(C)C[C@H](c2cccc(Cl)c2)[C@@H](c2ccc(Cl)cc2)N(C(CC)[C@H](C)NS(=O)(=O)C2CC2)C1=O. The molecular formula is C29H36Cl2N2O3S. The van der Waals surface area contributed by atoms with Gasteiger partial charge in [0.25, 0.3) is 0 Å². The van der Waals surface area contributed by atoms with Crippen LogP contribution in [0, 0.1) is 5.41 Å². The Hall–Kier alpha value is -1.86. The third-order valence-electron chi connectivity index (χ3n) is 7.85. The molecule has 1 saturated carbocycles. The average molecular weight is 564 g/mol. The highest BCUT2D eigenvalue weighted by atomic mass is 35.5. The molecule has 2 aromatic carbocycles. The maximum Gasteiger partial charge on any atom is 0.229 e. The van der Waals surface area contributed by atoms with Crippen molar-refractivity contribution in [1.29, 1.82) is 0 Å². The van der Waals surface area contributed by atoms with Gasteiger partial charge >= 0.3 is 0 Å². The number of rotatable bonds is 10. The lowest BCUT2D eigenvalue weighted by Gasteiger charge is -2.53. The maximum atomic E-state index is 14.4. The fourth-order valence-corrected chi connectivity index (χ4v) is 7.81. The monoisotopic (exact) mass is 562 g/mol. The first-order valence-electron chi connectivity index (χ1n) is 13.0. The number of allylic oxidation sites excluding steroid dienone is 1. The molecule has 1 N–H and O–H groups in total. The number of hydrogen-bond acceptors (Lipinski definition) is 3. The number of nitrogens with zero attached hydrogens (tertiary/aromatic N) is 1. The molecule has 8 heteroatoms. The smallest absolute Gasteiger partial charge is 0.229 e. The van der Waals surface area contributed by atoms with Crippen molar-refractivity contribution >= 4 is 39.1 Å². The summed E-state index contributed by atoms with van der Waals surface area (Å²) in [6.45, 7) is 9.80. The van der Waals surface area contributed by atoms with Crippen LogP contribution in [-0.4, -0.2) is 36.6 Å². The van der Waals surface area contributed by atoms with Crippen molar-refractivity contribution in [3.8, 4) is 0 Å². The van der Waals surface area contributed by atoms with Crippen LogP contribution in [0.4, 0.5) is 0 Å². The third kappa shape index (κ3) is 5.93. The van der Waals surface area contributed by atoms with Crippen LogP contribution in [0.2, 0.25) is 10.0 Å². The van der Waals surface area contributed by atoms with Crippen molar-refractivity contribution < 1.29 is 13.2 Å². The number of nitrogens with one attached hydrogen (secondary N) is 1. The highest BCUT2D eigenvalue weighted by Crippen LogP contribution is 2.52. The van der Waals surface area contributed by atoms with Gasteiger partial charge in [-0.15, -0.1) is 6.58 Å². The number of sulfonamides is 1. The van der Waals surface area contributed by atoms with E-state index < -0.39 is 21.5 Å². The second-order valence-electron chi connectivity index (χ2n) is 10.8. The normalized spacial score (nSPS) is 26.1. The van der Waals surface area contributed by atoms with Crippen molar-refractivity contribution in [2.75, 3.05) is 0 Å². The van der Waals surface area contributed by atoms with Crippen molar-refractivity contribution in [3.63, 3.8) is 0 Å². The first-order chi connectivity index (χ1) is 17.5. The molecule has 1 amide bonds. The van der Waals surface area contributed by atoms with Gasteiger partial charge in [-0.1, -0.05) is 67.4 Å². The Labute approximate surface area is 231 Å². The fraction of sp³-hybridized carbons (Fsp3) is 0.483. The molecule has 1 aliphatic heterocycles. The van der Waals surface area contributed by atoms with Crippen LogP contribution in [0.5, 0.6) is 0 Å². The summed E-state index contributed by atoms with van der Waals surface area (Å²) in [7, 11) is -3.43. The molecule has 1 unspecified atom stereocenters. The van der Waals surface area contributed by atoms with E-state index in [9.17, 15) is 13.2 Å². The third-order valence-corrected chi connectivity index (χ3v) is 10.4. The topological polar surface area (TPSA) is 66.5 Å². The zero-order valence-electron chi connectivity index (χ0n) is 21.7. The number of carbonyl (C=O) groups is 1. The summed E-state index contributed by atoms with van der Waals surface area (Å²) >= 11 is 12.7. The summed E-state index contributed by atoms with van der Waals surface area (Å²) in [4.78, 5) is 16.3. The molecule has 1 heterocycles. The van der Waals surface area contributed by atoms with E-state index in [-0.39, 0.29) is 29.2 Å². The molecule has 2 fully saturated rings.